The topological polar surface area (TPSA) is 129 Å². The van der Waals surface area contributed by atoms with Crippen LogP contribution in [0.15, 0.2) is 91.3 Å². The molecule has 10 nitrogen and oxygen atoms in total. The lowest BCUT2D eigenvalue weighted by molar-refractivity contribution is -0.154. The lowest BCUT2D eigenvalue weighted by Crippen LogP contribution is -2.49. The fourth-order valence-corrected chi connectivity index (χ4v) is 5.07. The highest BCUT2D eigenvalue weighted by atomic mass is 16.6. The van der Waals surface area contributed by atoms with Gasteiger partial charge in [-0.3, -0.25) is 9.59 Å². The molecule has 2 N–H and O–H groups in total. The number of alkyl carbamates (subject to hydrolysis) is 1. The summed E-state index contributed by atoms with van der Waals surface area (Å²) in [5.41, 5.74) is 3.57. The molecule has 10 heteroatoms. The molecule has 1 atom stereocenters. The van der Waals surface area contributed by atoms with E-state index in [-0.39, 0.29) is 19.6 Å². The maximum Gasteiger partial charge on any atom is 0.408 e. The average Bonchev–Trinajstić information content (AvgIpc) is 3.11. The highest BCUT2D eigenvalue weighted by Gasteiger charge is 2.24. The SMILES string of the molecule is CCCCCCCOc1ccc(-c2cnc(-c3ccc(CC(NC(=O)OCc4ccccc4)C(=O)NCC(=O)OC(C)(C)C)cc3)nc2)cc1. The normalized spacial score (nSPS) is 11.7. The number of hydrogen-bond acceptors (Lipinski definition) is 8. The number of rotatable bonds is 17. The molecular weight excluding hydrogens is 632 g/mol. The zero-order valence-electron chi connectivity index (χ0n) is 29.4. The monoisotopic (exact) mass is 680 g/mol. The van der Waals surface area contributed by atoms with Crippen LogP contribution in [0.2, 0.25) is 0 Å². The Kier molecular flexibility index (Phi) is 14.3. The van der Waals surface area contributed by atoms with E-state index < -0.39 is 29.6 Å². The maximum atomic E-state index is 13.2. The van der Waals surface area contributed by atoms with Crippen LogP contribution < -0.4 is 15.4 Å². The predicted molar refractivity (Wildman–Crippen MR) is 193 cm³/mol. The van der Waals surface area contributed by atoms with Gasteiger partial charge in [-0.1, -0.05) is 99.3 Å². The summed E-state index contributed by atoms with van der Waals surface area (Å²) in [4.78, 5) is 47.2. The number of benzene rings is 3. The minimum Gasteiger partial charge on any atom is -0.494 e. The second-order valence-electron chi connectivity index (χ2n) is 13.0. The van der Waals surface area contributed by atoms with Gasteiger partial charge in [0.15, 0.2) is 5.82 Å². The summed E-state index contributed by atoms with van der Waals surface area (Å²) >= 11 is 0. The molecule has 0 aliphatic heterocycles. The number of unbranched alkanes of at least 4 members (excludes halogenated alkanes) is 4. The number of aromatic nitrogens is 2. The first-order valence-corrected chi connectivity index (χ1v) is 17.2. The first-order chi connectivity index (χ1) is 24.1. The third-order valence-corrected chi connectivity index (χ3v) is 7.66. The van der Waals surface area contributed by atoms with Gasteiger partial charge in [0, 0.05) is 29.9 Å². The number of nitrogens with zero attached hydrogens (tertiary/aromatic N) is 2. The van der Waals surface area contributed by atoms with E-state index in [1.165, 1.54) is 25.7 Å². The van der Waals surface area contributed by atoms with Crippen molar-refractivity contribution in [2.24, 2.45) is 0 Å². The molecule has 50 heavy (non-hydrogen) atoms. The summed E-state index contributed by atoms with van der Waals surface area (Å²) in [6.07, 6.45) is 8.98. The Labute approximate surface area is 295 Å². The minimum absolute atomic E-state index is 0.0470. The number of carbonyl (C=O) groups excluding carboxylic acids is 3. The van der Waals surface area contributed by atoms with Gasteiger partial charge in [0.2, 0.25) is 5.91 Å². The van der Waals surface area contributed by atoms with Crippen LogP contribution in [0.1, 0.15) is 70.9 Å². The molecule has 0 radical (unpaired) electrons. The van der Waals surface area contributed by atoms with Gasteiger partial charge < -0.3 is 24.8 Å². The predicted octanol–water partition coefficient (Wildman–Crippen LogP) is 7.46. The number of amides is 2. The molecule has 4 rings (SSSR count). The van der Waals surface area contributed by atoms with Crippen molar-refractivity contribution in [3.05, 3.63) is 102 Å². The highest BCUT2D eigenvalue weighted by molar-refractivity contribution is 5.88. The van der Waals surface area contributed by atoms with Gasteiger partial charge in [-0.25, -0.2) is 14.8 Å². The van der Waals surface area contributed by atoms with Crippen LogP contribution >= 0.6 is 0 Å². The summed E-state index contributed by atoms with van der Waals surface area (Å²) in [5.74, 6) is 0.278. The molecule has 0 saturated carbocycles. The van der Waals surface area contributed by atoms with Crippen LogP contribution in [-0.2, 0) is 32.1 Å². The largest absolute Gasteiger partial charge is 0.494 e. The summed E-state index contributed by atoms with van der Waals surface area (Å²) in [5, 5.41) is 5.21. The summed E-state index contributed by atoms with van der Waals surface area (Å²) in [6, 6.07) is 23.6. The third-order valence-electron chi connectivity index (χ3n) is 7.66. The smallest absolute Gasteiger partial charge is 0.408 e. The van der Waals surface area contributed by atoms with E-state index in [1.54, 1.807) is 33.2 Å². The Bertz CT molecular complexity index is 1640. The molecule has 0 spiro atoms. The highest BCUT2D eigenvalue weighted by Crippen LogP contribution is 2.24. The second-order valence-corrected chi connectivity index (χ2v) is 13.0. The number of hydrogen-bond donors (Lipinski definition) is 2. The Hall–Kier alpha value is -5.25. The molecular formula is C40H48N4O6. The minimum atomic E-state index is -1.01. The van der Waals surface area contributed by atoms with E-state index in [2.05, 4.69) is 27.5 Å². The van der Waals surface area contributed by atoms with Crippen LogP contribution in [0.25, 0.3) is 22.5 Å². The maximum absolute atomic E-state index is 13.2. The second kappa shape index (κ2) is 19.1. The molecule has 2 amide bonds. The standard InChI is InChI=1S/C40H48N4O6/c1-5-6-7-8-12-23-48-34-21-19-31(20-22-34)33-25-41-37(42-26-33)32-17-15-29(16-18-32)24-35(38(46)43-27-36(45)50-40(2,3)4)44-39(47)49-28-30-13-10-9-11-14-30/h9-11,13-22,25-26,35H,5-8,12,23-24,27-28H2,1-4H3,(H,43,46)(H,44,47). The fraction of sp³-hybridized carbons (Fsp3) is 0.375. The van der Waals surface area contributed by atoms with Gasteiger partial charge in [0.05, 0.1) is 6.61 Å². The van der Waals surface area contributed by atoms with Crippen molar-refractivity contribution < 1.29 is 28.6 Å². The number of carbonyl (C=O) groups is 3. The molecule has 0 bridgehead atoms. The van der Waals surface area contributed by atoms with Crippen LogP contribution in [0.3, 0.4) is 0 Å². The van der Waals surface area contributed by atoms with E-state index in [4.69, 9.17) is 14.2 Å². The van der Waals surface area contributed by atoms with E-state index in [9.17, 15) is 14.4 Å². The number of ether oxygens (including phenoxy) is 3. The molecule has 1 aromatic heterocycles. The summed E-state index contributed by atoms with van der Waals surface area (Å²) < 4.78 is 16.5. The average molecular weight is 681 g/mol. The molecule has 1 heterocycles. The number of esters is 1. The lowest BCUT2D eigenvalue weighted by atomic mass is 10.0. The molecule has 0 fully saturated rings. The lowest BCUT2D eigenvalue weighted by Gasteiger charge is -2.21. The van der Waals surface area contributed by atoms with Crippen molar-refractivity contribution in [3.8, 4) is 28.3 Å². The quantitative estimate of drug-likeness (QED) is 0.0869. The van der Waals surface area contributed by atoms with Crippen molar-refractivity contribution in [3.63, 3.8) is 0 Å². The molecule has 0 aliphatic rings. The van der Waals surface area contributed by atoms with E-state index in [0.29, 0.717) is 5.82 Å². The van der Waals surface area contributed by atoms with E-state index in [0.717, 1.165) is 46.6 Å². The van der Waals surface area contributed by atoms with Crippen molar-refractivity contribution in [1.82, 2.24) is 20.6 Å². The first kappa shape index (κ1) is 37.6. The Morgan fingerprint density at radius 3 is 2.08 bits per heavy atom. The van der Waals surface area contributed by atoms with Crippen LogP contribution in [-0.4, -0.2) is 52.7 Å². The Morgan fingerprint density at radius 1 is 0.760 bits per heavy atom. The molecule has 264 valence electrons. The van der Waals surface area contributed by atoms with Gasteiger partial charge in [-0.15, -0.1) is 0 Å². The zero-order valence-corrected chi connectivity index (χ0v) is 29.4. The van der Waals surface area contributed by atoms with Gasteiger partial charge in [-0.05, 0) is 56.0 Å². The van der Waals surface area contributed by atoms with Crippen molar-refractivity contribution in [2.45, 2.75) is 84.5 Å². The molecule has 4 aromatic rings. The Morgan fingerprint density at radius 2 is 1.42 bits per heavy atom. The van der Waals surface area contributed by atoms with Crippen molar-refractivity contribution in [2.75, 3.05) is 13.2 Å². The summed E-state index contributed by atoms with van der Waals surface area (Å²) in [6.45, 7) is 7.88. The van der Waals surface area contributed by atoms with Crippen LogP contribution in [0.4, 0.5) is 4.79 Å². The van der Waals surface area contributed by atoms with Crippen molar-refractivity contribution >= 4 is 18.0 Å². The molecule has 0 aliphatic carbocycles. The van der Waals surface area contributed by atoms with Crippen molar-refractivity contribution in [1.29, 1.82) is 0 Å². The van der Waals surface area contributed by atoms with Crippen LogP contribution in [0.5, 0.6) is 5.75 Å². The van der Waals surface area contributed by atoms with E-state index in [1.807, 2.05) is 78.9 Å². The fourth-order valence-electron chi connectivity index (χ4n) is 5.07. The zero-order chi connectivity index (χ0) is 35.8. The number of nitrogens with one attached hydrogen (secondary N) is 2. The third kappa shape index (κ3) is 13.0. The van der Waals surface area contributed by atoms with Gasteiger partial charge in [-0.2, -0.15) is 0 Å². The van der Waals surface area contributed by atoms with E-state index >= 15 is 0 Å². The Balaban J connectivity index is 1.35. The summed E-state index contributed by atoms with van der Waals surface area (Å²) in [7, 11) is 0. The molecule has 0 saturated heterocycles. The van der Waals surface area contributed by atoms with Gasteiger partial charge in [0.1, 0.15) is 30.5 Å². The first-order valence-electron chi connectivity index (χ1n) is 17.2. The van der Waals surface area contributed by atoms with Crippen LogP contribution in [0, 0.1) is 0 Å². The van der Waals surface area contributed by atoms with Gasteiger partial charge in [0.25, 0.3) is 0 Å². The molecule has 3 aromatic carbocycles. The van der Waals surface area contributed by atoms with Gasteiger partial charge >= 0.3 is 12.1 Å². The molecule has 1 unspecified atom stereocenters.